The van der Waals surface area contributed by atoms with Gasteiger partial charge in [-0.3, -0.25) is 0 Å². The Bertz CT molecular complexity index is 151. The molecule has 0 aromatic rings. The van der Waals surface area contributed by atoms with Crippen molar-refractivity contribution in [3.63, 3.8) is 0 Å². The fourth-order valence-electron chi connectivity index (χ4n) is 1.72. The first kappa shape index (κ1) is 19.8. The average molecular weight is 288 g/mol. The third kappa shape index (κ3) is 17.8. The second-order valence-corrected chi connectivity index (χ2v) is 5.14. The molecule has 0 saturated carbocycles. The van der Waals surface area contributed by atoms with Crippen LogP contribution in [0.1, 0.15) is 52.4 Å². The summed E-state index contributed by atoms with van der Waals surface area (Å²) in [6, 6.07) is 0. The summed E-state index contributed by atoms with van der Waals surface area (Å²) in [5.74, 6) is 0. The van der Waals surface area contributed by atoms with Crippen LogP contribution in [0.15, 0.2) is 0 Å². The van der Waals surface area contributed by atoms with Gasteiger partial charge in [0.05, 0.1) is 0 Å². The quantitative estimate of drug-likeness (QED) is 0.404. The fourth-order valence-corrected chi connectivity index (χ4v) is 1.72. The molecule has 0 aliphatic rings. The minimum absolute atomic E-state index is 0.884. The molecule has 0 heterocycles. The maximum Gasteiger partial charge on any atom is 0.0478 e. The first-order valence-corrected chi connectivity index (χ1v) is 8.48. The minimum Gasteiger partial charge on any atom is -0.381 e. The molecule has 4 heteroatoms. The van der Waals surface area contributed by atoms with Gasteiger partial charge in [0.2, 0.25) is 0 Å². The van der Waals surface area contributed by atoms with Crippen molar-refractivity contribution in [3.05, 3.63) is 0 Å². The summed E-state index contributed by atoms with van der Waals surface area (Å²) in [4.78, 5) is 0. The predicted octanol–water partition coefficient (Wildman–Crippen LogP) is 2.58. The van der Waals surface area contributed by atoms with Crippen LogP contribution in [-0.4, -0.2) is 52.6 Å². The maximum atomic E-state index is 5.50. The van der Waals surface area contributed by atoms with E-state index in [4.69, 9.17) is 9.47 Å². The second-order valence-electron chi connectivity index (χ2n) is 5.14. The normalized spacial score (nSPS) is 11.1. The van der Waals surface area contributed by atoms with E-state index in [-0.39, 0.29) is 0 Å². The van der Waals surface area contributed by atoms with Gasteiger partial charge in [-0.1, -0.05) is 26.7 Å². The Balaban J connectivity index is 2.89. The second kappa shape index (κ2) is 18.8. The molecule has 0 aromatic carbocycles. The van der Waals surface area contributed by atoms with Gasteiger partial charge in [0, 0.05) is 39.5 Å². The lowest BCUT2D eigenvalue weighted by molar-refractivity contribution is 0.128. The number of unbranched alkanes of at least 4 members (excludes halogenated alkanes) is 2. The highest BCUT2D eigenvalue weighted by molar-refractivity contribution is 4.52. The van der Waals surface area contributed by atoms with E-state index in [1.807, 2.05) is 0 Å². The smallest absolute Gasteiger partial charge is 0.0478 e. The number of ether oxygens (including phenoxy) is 2. The van der Waals surface area contributed by atoms with E-state index in [1.54, 1.807) is 0 Å². The van der Waals surface area contributed by atoms with Crippen LogP contribution in [0.4, 0.5) is 0 Å². The molecular weight excluding hydrogens is 252 g/mol. The molecule has 0 bridgehead atoms. The lowest BCUT2D eigenvalue weighted by atomic mass is 10.3. The van der Waals surface area contributed by atoms with E-state index >= 15 is 0 Å². The first-order valence-electron chi connectivity index (χ1n) is 8.48. The summed E-state index contributed by atoms with van der Waals surface area (Å²) >= 11 is 0. The van der Waals surface area contributed by atoms with Gasteiger partial charge < -0.3 is 20.1 Å². The predicted molar refractivity (Wildman–Crippen MR) is 86.4 cm³/mol. The van der Waals surface area contributed by atoms with E-state index < -0.39 is 0 Å². The van der Waals surface area contributed by atoms with Crippen molar-refractivity contribution in [1.82, 2.24) is 10.6 Å². The molecule has 0 amide bonds. The van der Waals surface area contributed by atoms with Crippen LogP contribution in [-0.2, 0) is 9.47 Å². The van der Waals surface area contributed by atoms with Crippen molar-refractivity contribution in [2.24, 2.45) is 0 Å². The molecule has 0 saturated heterocycles. The van der Waals surface area contributed by atoms with Crippen LogP contribution >= 0.6 is 0 Å². The molecule has 0 unspecified atom stereocenters. The van der Waals surface area contributed by atoms with E-state index in [9.17, 15) is 0 Å². The standard InChI is InChI=1S/C16H36N2O2/c1-3-5-13-19-15-7-9-17-11-12-18-10-8-16-20-14-6-4-2/h17-18H,3-16H2,1-2H3. The Morgan fingerprint density at radius 3 is 1.35 bits per heavy atom. The summed E-state index contributed by atoms with van der Waals surface area (Å²) in [7, 11) is 0. The van der Waals surface area contributed by atoms with Crippen molar-refractivity contribution in [1.29, 1.82) is 0 Å². The molecular formula is C16H36N2O2. The lowest BCUT2D eigenvalue weighted by Gasteiger charge is -2.07. The van der Waals surface area contributed by atoms with Crippen molar-refractivity contribution in [2.75, 3.05) is 52.6 Å². The van der Waals surface area contributed by atoms with Crippen LogP contribution in [0, 0.1) is 0 Å². The molecule has 0 aliphatic carbocycles. The highest BCUT2D eigenvalue weighted by Gasteiger charge is 1.92. The molecule has 0 aromatic heterocycles. The van der Waals surface area contributed by atoms with Crippen LogP contribution in [0.3, 0.4) is 0 Å². The van der Waals surface area contributed by atoms with Gasteiger partial charge in [0.25, 0.3) is 0 Å². The van der Waals surface area contributed by atoms with E-state index in [0.29, 0.717) is 0 Å². The number of rotatable bonds is 17. The molecule has 0 aliphatic heterocycles. The van der Waals surface area contributed by atoms with E-state index in [0.717, 1.165) is 65.4 Å². The summed E-state index contributed by atoms with van der Waals surface area (Å²) in [5, 5.41) is 6.84. The minimum atomic E-state index is 0.884. The van der Waals surface area contributed by atoms with Crippen molar-refractivity contribution in [2.45, 2.75) is 52.4 Å². The van der Waals surface area contributed by atoms with Gasteiger partial charge in [0.15, 0.2) is 0 Å². The van der Waals surface area contributed by atoms with Crippen LogP contribution in [0.25, 0.3) is 0 Å². The summed E-state index contributed by atoms with van der Waals surface area (Å²) < 4.78 is 11.0. The van der Waals surface area contributed by atoms with Gasteiger partial charge >= 0.3 is 0 Å². The highest BCUT2D eigenvalue weighted by Crippen LogP contribution is 1.89. The molecule has 0 radical (unpaired) electrons. The molecule has 0 atom stereocenters. The largest absolute Gasteiger partial charge is 0.381 e. The third-order valence-corrected chi connectivity index (χ3v) is 3.05. The number of nitrogens with one attached hydrogen (secondary N) is 2. The van der Waals surface area contributed by atoms with Gasteiger partial charge in [-0.25, -0.2) is 0 Å². The van der Waals surface area contributed by atoms with Crippen molar-refractivity contribution >= 4 is 0 Å². The van der Waals surface area contributed by atoms with Gasteiger partial charge in [0.1, 0.15) is 0 Å². The van der Waals surface area contributed by atoms with Crippen LogP contribution in [0.2, 0.25) is 0 Å². The average Bonchev–Trinajstić information content (AvgIpc) is 2.47. The van der Waals surface area contributed by atoms with E-state index in [1.165, 1.54) is 25.7 Å². The molecule has 2 N–H and O–H groups in total. The van der Waals surface area contributed by atoms with Gasteiger partial charge in [-0.2, -0.15) is 0 Å². The Kier molecular flexibility index (Phi) is 18.7. The third-order valence-electron chi connectivity index (χ3n) is 3.05. The maximum absolute atomic E-state index is 5.50. The van der Waals surface area contributed by atoms with Crippen molar-refractivity contribution < 1.29 is 9.47 Å². The molecule has 0 rings (SSSR count). The van der Waals surface area contributed by atoms with Gasteiger partial charge in [-0.05, 0) is 38.8 Å². The van der Waals surface area contributed by atoms with Gasteiger partial charge in [-0.15, -0.1) is 0 Å². The van der Waals surface area contributed by atoms with E-state index in [2.05, 4.69) is 24.5 Å². The Morgan fingerprint density at radius 2 is 0.950 bits per heavy atom. The first-order chi connectivity index (χ1) is 9.91. The lowest BCUT2D eigenvalue weighted by Crippen LogP contribution is -2.29. The Morgan fingerprint density at radius 1 is 0.550 bits per heavy atom. The molecule has 20 heavy (non-hydrogen) atoms. The zero-order valence-electron chi connectivity index (χ0n) is 13.7. The van der Waals surface area contributed by atoms with Crippen LogP contribution in [0.5, 0.6) is 0 Å². The zero-order valence-corrected chi connectivity index (χ0v) is 13.7. The molecule has 0 spiro atoms. The fraction of sp³-hybridized carbons (Fsp3) is 1.00. The summed E-state index contributed by atoms with van der Waals surface area (Å²) in [6.45, 7) is 12.1. The monoisotopic (exact) mass is 288 g/mol. The number of hydrogen-bond donors (Lipinski definition) is 2. The summed E-state index contributed by atoms with van der Waals surface area (Å²) in [5.41, 5.74) is 0. The topological polar surface area (TPSA) is 42.5 Å². The van der Waals surface area contributed by atoms with Crippen molar-refractivity contribution in [3.8, 4) is 0 Å². The molecule has 4 nitrogen and oxygen atoms in total. The summed E-state index contributed by atoms with van der Waals surface area (Å²) in [6.07, 6.45) is 7.00. The Labute approximate surface area is 126 Å². The van der Waals surface area contributed by atoms with Crippen LogP contribution < -0.4 is 10.6 Å². The Hall–Kier alpha value is -0.160. The zero-order chi connectivity index (χ0) is 14.7. The molecule has 0 fully saturated rings. The SMILES string of the molecule is CCCCOCCCNCCNCCCOCCCC. The molecule has 122 valence electrons. The number of hydrogen-bond acceptors (Lipinski definition) is 4. The highest BCUT2D eigenvalue weighted by atomic mass is 16.5.